The predicted molar refractivity (Wildman–Crippen MR) is 201 cm³/mol. The van der Waals surface area contributed by atoms with Crippen LogP contribution in [0.4, 0.5) is 11.5 Å². The molecule has 1 unspecified atom stereocenters. The van der Waals surface area contributed by atoms with E-state index in [1.165, 1.54) is 5.56 Å². The zero-order chi connectivity index (χ0) is 36.7. The van der Waals surface area contributed by atoms with Crippen LogP contribution in [0, 0.1) is 11.3 Å². The monoisotopic (exact) mass is 739 g/mol. The van der Waals surface area contributed by atoms with Crippen LogP contribution in [0.15, 0.2) is 54.6 Å². The van der Waals surface area contributed by atoms with Crippen LogP contribution in [-0.2, 0) is 16.1 Å². The van der Waals surface area contributed by atoms with E-state index in [0.717, 1.165) is 95.8 Å². The van der Waals surface area contributed by atoms with Gasteiger partial charge in [-0.05, 0) is 86.9 Å². The average molecular weight is 740 g/mol. The summed E-state index contributed by atoms with van der Waals surface area (Å²) >= 11 is 6.14. The third-order valence-corrected chi connectivity index (χ3v) is 11.2. The van der Waals surface area contributed by atoms with Gasteiger partial charge in [0.05, 0.1) is 16.7 Å². The van der Waals surface area contributed by atoms with Gasteiger partial charge in [-0.15, -0.1) is 10.2 Å². The Morgan fingerprint density at radius 3 is 2.32 bits per heavy atom. The zero-order valence-electron chi connectivity index (χ0n) is 29.8. The Labute approximate surface area is 315 Å². The Morgan fingerprint density at radius 2 is 1.66 bits per heavy atom. The molecule has 7 rings (SSSR count). The number of benzene rings is 2. The highest BCUT2D eigenvalue weighted by atomic mass is 35.5. The second-order valence-corrected chi connectivity index (χ2v) is 14.9. The third-order valence-electron chi connectivity index (χ3n) is 10.9. The van der Waals surface area contributed by atoms with Crippen LogP contribution in [0.2, 0.25) is 5.02 Å². The summed E-state index contributed by atoms with van der Waals surface area (Å²) in [5.41, 5.74) is 2.88. The first kappa shape index (κ1) is 36.6. The lowest BCUT2D eigenvalue weighted by molar-refractivity contribution is -0.133. The molecule has 278 valence electrons. The Balaban J connectivity index is 0.793. The number of hydrogen-bond acceptors (Lipinski definition) is 11. The number of amides is 3. The first-order valence-electron chi connectivity index (χ1n) is 18.7. The maximum absolute atomic E-state index is 13.0. The van der Waals surface area contributed by atoms with Gasteiger partial charge in [0.15, 0.2) is 11.5 Å². The van der Waals surface area contributed by atoms with E-state index < -0.39 is 0 Å². The molecule has 53 heavy (non-hydrogen) atoms. The summed E-state index contributed by atoms with van der Waals surface area (Å²) in [6.45, 7) is 6.84. The highest BCUT2D eigenvalue weighted by molar-refractivity contribution is 6.31. The number of imide groups is 1. The van der Waals surface area contributed by atoms with Crippen LogP contribution >= 0.6 is 11.6 Å². The lowest BCUT2D eigenvalue weighted by Gasteiger charge is -2.43. The fourth-order valence-corrected chi connectivity index (χ4v) is 8.01. The number of halogens is 1. The van der Waals surface area contributed by atoms with Crippen LogP contribution in [0.25, 0.3) is 0 Å². The molecule has 3 saturated heterocycles. The second kappa shape index (κ2) is 16.9. The lowest BCUT2D eigenvalue weighted by Crippen LogP contribution is -2.53. The number of piperazine rings is 1. The topological polar surface area (TPSA) is 156 Å². The van der Waals surface area contributed by atoms with Crippen LogP contribution in [0.5, 0.6) is 5.75 Å². The number of piperidine rings is 2. The van der Waals surface area contributed by atoms with Gasteiger partial charge in [-0.3, -0.25) is 29.5 Å². The lowest BCUT2D eigenvalue weighted by atomic mass is 9.93. The number of hydrogen-bond donors (Lipinski definition) is 3. The van der Waals surface area contributed by atoms with Gasteiger partial charge in [-0.1, -0.05) is 23.7 Å². The molecule has 1 aliphatic carbocycles. The van der Waals surface area contributed by atoms with Crippen molar-refractivity contribution >= 4 is 40.8 Å². The maximum Gasteiger partial charge on any atom is 0.272 e. The van der Waals surface area contributed by atoms with Crippen molar-refractivity contribution < 1.29 is 19.1 Å². The molecule has 3 aromatic rings. The van der Waals surface area contributed by atoms with Crippen LogP contribution in [0.3, 0.4) is 0 Å². The van der Waals surface area contributed by atoms with Gasteiger partial charge in [-0.25, -0.2) is 0 Å². The molecule has 3 amide bonds. The first-order valence-corrected chi connectivity index (χ1v) is 19.1. The van der Waals surface area contributed by atoms with Crippen LogP contribution in [0.1, 0.15) is 73.0 Å². The van der Waals surface area contributed by atoms with Crippen molar-refractivity contribution in [2.75, 3.05) is 49.5 Å². The first-order chi connectivity index (χ1) is 25.8. The highest BCUT2D eigenvalue weighted by Crippen LogP contribution is 2.28. The van der Waals surface area contributed by atoms with Crippen molar-refractivity contribution in [2.45, 2.75) is 82.1 Å². The number of nitriles is 1. The molecule has 4 heterocycles. The molecule has 13 nitrogen and oxygen atoms in total. The van der Waals surface area contributed by atoms with Crippen molar-refractivity contribution in [2.24, 2.45) is 0 Å². The minimum absolute atomic E-state index is 0.0363. The van der Waals surface area contributed by atoms with E-state index in [2.05, 4.69) is 59.0 Å². The molecular formula is C39H46ClN9O4. The van der Waals surface area contributed by atoms with E-state index in [1.54, 1.807) is 24.3 Å². The Bertz CT molecular complexity index is 1790. The van der Waals surface area contributed by atoms with Gasteiger partial charge < -0.3 is 20.3 Å². The van der Waals surface area contributed by atoms with Gasteiger partial charge in [0.1, 0.15) is 17.9 Å². The minimum atomic E-state index is -0.376. The summed E-state index contributed by atoms with van der Waals surface area (Å²) in [5.74, 6) is 0.791. The van der Waals surface area contributed by atoms with Gasteiger partial charge in [0.25, 0.3) is 5.91 Å². The molecule has 1 saturated carbocycles. The molecule has 2 aromatic carbocycles. The molecule has 1 aromatic heterocycles. The van der Waals surface area contributed by atoms with Gasteiger partial charge >= 0.3 is 0 Å². The quantitative estimate of drug-likeness (QED) is 0.257. The zero-order valence-corrected chi connectivity index (χ0v) is 30.6. The largest absolute Gasteiger partial charge is 0.490 e. The third kappa shape index (κ3) is 9.43. The van der Waals surface area contributed by atoms with E-state index in [-0.39, 0.29) is 35.9 Å². The van der Waals surface area contributed by atoms with E-state index in [4.69, 9.17) is 21.6 Å². The Hall–Kier alpha value is -4.77. The maximum atomic E-state index is 13.0. The van der Waals surface area contributed by atoms with Crippen molar-refractivity contribution in [1.82, 2.24) is 30.6 Å². The summed E-state index contributed by atoms with van der Waals surface area (Å²) < 4.78 is 6.08. The minimum Gasteiger partial charge on any atom is -0.490 e. The fourth-order valence-electron chi connectivity index (χ4n) is 7.80. The second-order valence-electron chi connectivity index (χ2n) is 14.5. The molecule has 14 heteroatoms. The predicted octanol–water partition coefficient (Wildman–Crippen LogP) is 4.13. The fraction of sp³-hybridized carbons (Fsp3) is 0.487. The van der Waals surface area contributed by atoms with Gasteiger partial charge in [0.2, 0.25) is 11.8 Å². The highest BCUT2D eigenvalue weighted by Gasteiger charge is 2.30. The SMILES string of the molecule is N#Cc1ccc(OC2CCC(NC(=O)c3ccc(N4CCC(N5CCN(Cc6ccc(NC7CCC(=O)NC7=O)cc6)CC5)CC4)nn3)CC2)cc1Cl. The van der Waals surface area contributed by atoms with Gasteiger partial charge in [-0.2, -0.15) is 5.26 Å². The summed E-state index contributed by atoms with van der Waals surface area (Å²) in [6, 6.07) is 19.3. The number of aromatic nitrogens is 2. The van der Waals surface area contributed by atoms with Crippen molar-refractivity contribution in [3.63, 3.8) is 0 Å². The standard InChI is InChI=1S/C39H46ClN9O4/c40-33-23-32(8-3-27(33)24-41)53-31-9-6-29(7-10-31)43-39(52)35-11-13-36(46-45-35)49-17-15-30(16-18-49)48-21-19-47(20-22-48)25-26-1-4-28(5-2-26)42-34-12-14-37(50)44-38(34)51/h1-5,8,11,13,23,29-31,34,42H,6-7,9-10,12,14-22,25H2,(H,43,52)(H,44,50,51). The van der Waals surface area contributed by atoms with Gasteiger partial charge in [0, 0.05) is 76.1 Å². The molecule has 3 aliphatic heterocycles. The molecule has 0 radical (unpaired) electrons. The summed E-state index contributed by atoms with van der Waals surface area (Å²) in [5, 5.41) is 26.9. The van der Waals surface area contributed by atoms with E-state index >= 15 is 0 Å². The summed E-state index contributed by atoms with van der Waals surface area (Å²) in [4.78, 5) is 43.8. The molecule has 0 bridgehead atoms. The van der Waals surface area contributed by atoms with E-state index in [0.29, 0.717) is 40.9 Å². The summed E-state index contributed by atoms with van der Waals surface area (Å²) in [6.07, 6.45) is 6.26. The molecule has 0 spiro atoms. The summed E-state index contributed by atoms with van der Waals surface area (Å²) in [7, 11) is 0. The Kier molecular flexibility index (Phi) is 11.7. The molecule has 4 fully saturated rings. The van der Waals surface area contributed by atoms with E-state index in [9.17, 15) is 14.4 Å². The van der Waals surface area contributed by atoms with Crippen LogP contribution < -0.4 is 25.6 Å². The molecule has 3 N–H and O–H groups in total. The molecule has 1 atom stereocenters. The smallest absolute Gasteiger partial charge is 0.272 e. The number of nitrogens with one attached hydrogen (secondary N) is 3. The number of nitrogens with zero attached hydrogens (tertiary/aromatic N) is 6. The number of ether oxygens (including phenoxy) is 1. The van der Waals surface area contributed by atoms with Crippen molar-refractivity contribution in [1.29, 1.82) is 5.26 Å². The molecular weight excluding hydrogens is 694 g/mol. The number of rotatable bonds is 10. The van der Waals surface area contributed by atoms with Crippen LogP contribution in [-0.4, -0.2) is 101 Å². The van der Waals surface area contributed by atoms with Crippen molar-refractivity contribution in [3.05, 3.63) is 76.4 Å². The molecule has 4 aliphatic rings. The normalized spacial score (nSPS) is 23.2. The van der Waals surface area contributed by atoms with E-state index in [1.807, 2.05) is 18.2 Å². The average Bonchev–Trinajstić information content (AvgIpc) is 3.18. The van der Waals surface area contributed by atoms with Crippen molar-refractivity contribution in [3.8, 4) is 11.8 Å². The number of carbonyl (C=O) groups excluding carboxylic acids is 3. The number of carbonyl (C=O) groups is 3. The Morgan fingerprint density at radius 1 is 0.906 bits per heavy atom. The number of anilines is 2.